The quantitative estimate of drug-likeness (QED) is 0.348. The van der Waals surface area contributed by atoms with Crippen LogP contribution in [0.15, 0.2) is 48.3 Å². The van der Waals surface area contributed by atoms with Gasteiger partial charge < -0.3 is 4.74 Å². The molecule has 0 aromatic heterocycles. The van der Waals surface area contributed by atoms with E-state index in [2.05, 4.69) is 6.07 Å². The van der Waals surface area contributed by atoms with Gasteiger partial charge in [-0.1, -0.05) is 24.3 Å². The molecule has 0 N–H and O–H groups in total. The summed E-state index contributed by atoms with van der Waals surface area (Å²) in [6, 6.07) is 11.4. The summed E-state index contributed by atoms with van der Waals surface area (Å²) >= 11 is 0. The number of hydrogen-bond acceptors (Lipinski definition) is 4. The van der Waals surface area contributed by atoms with Gasteiger partial charge in [0, 0.05) is 0 Å². The number of halogens is 1. The lowest BCUT2D eigenvalue weighted by molar-refractivity contribution is -0.157. The van der Waals surface area contributed by atoms with Gasteiger partial charge in [-0.3, -0.25) is 4.79 Å². The molecule has 30 heavy (non-hydrogen) atoms. The highest BCUT2D eigenvalue weighted by Crippen LogP contribution is 2.37. The van der Waals surface area contributed by atoms with Crippen LogP contribution in [0, 0.1) is 34.5 Å². The van der Waals surface area contributed by atoms with Gasteiger partial charge in [0.25, 0.3) is 0 Å². The van der Waals surface area contributed by atoms with E-state index in [0.29, 0.717) is 17.4 Å². The predicted octanol–water partition coefficient (Wildman–Crippen LogP) is 5.87. The Morgan fingerprint density at radius 1 is 1.00 bits per heavy atom. The van der Waals surface area contributed by atoms with Gasteiger partial charge in [0.1, 0.15) is 12.2 Å². The second kappa shape index (κ2) is 10.7. The first kappa shape index (κ1) is 21.8. The topological polar surface area (TPSA) is 73.9 Å². The largest absolute Gasteiger partial charge is 0.462 e. The van der Waals surface area contributed by atoms with E-state index >= 15 is 0 Å². The Balaban J connectivity index is 1.40. The number of hydrogen-bond donors (Lipinski definition) is 0. The molecule has 1 aromatic carbocycles. The van der Waals surface area contributed by atoms with Gasteiger partial charge in [-0.25, -0.2) is 0 Å². The molecule has 156 valence electrons. The van der Waals surface area contributed by atoms with Gasteiger partial charge in [-0.2, -0.15) is 14.9 Å². The highest BCUT2D eigenvalue weighted by molar-refractivity contribution is 5.72. The lowest BCUT2D eigenvalue weighted by Gasteiger charge is -2.31. The molecule has 0 atom stereocenters. The number of ether oxygens (including phenoxy) is 1. The van der Waals surface area contributed by atoms with E-state index in [-0.39, 0.29) is 18.0 Å². The number of carbonyl (C=O) groups excluding carboxylic acids is 1. The van der Waals surface area contributed by atoms with Crippen LogP contribution in [0.2, 0.25) is 0 Å². The third-order valence-corrected chi connectivity index (χ3v) is 6.31. The molecule has 2 aliphatic carbocycles. The maximum atomic E-state index is 12.8. The van der Waals surface area contributed by atoms with Crippen LogP contribution in [0.3, 0.4) is 0 Å². The van der Waals surface area contributed by atoms with Crippen molar-refractivity contribution in [2.24, 2.45) is 11.8 Å². The third-order valence-electron chi connectivity index (χ3n) is 6.31. The number of nitriles is 2. The van der Waals surface area contributed by atoms with E-state index in [1.807, 2.05) is 30.3 Å². The van der Waals surface area contributed by atoms with E-state index in [0.717, 1.165) is 51.4 Å². The maximum absolute atomic E-state index is 12.8. The smallest absolute Gasteiger partial charge is 0.309 e. The molecule has 2 saturated carbocycles. The van der Waals surface area contributed by atoms with Crippen molar-refractivity contribution in [1.29, 1.82) is 10.5 Å². The van der Waals surface area contributed by atoms with Crippen molar-refractivity contribution in [3.05, 3.63) is 59.4 Å². The summed E-state index contributed by atoms with van der Waals surface area (Å²) in [5.41, 5.74) is 1.92. The van der Waals surface area contributed by atoms with Gasteiger partial charge in [-0.05, 0) is 87.0 Å². The van der Waals surface area contributed by atoms with E-state index in [4.69, 9.17) is 15.3 Å². The molecule has 2 aliphatic rings. The molecule has 0 spiro atoms. The van der Waals surface area contributed by atoms with Crippen LogP contribution in [0.1, 0.15) is 68.4 Å². The standard InChI is InChI=1S/C25H27FN2O2/c26-23(17-28)3-1-2-18-6-14-24(15-7-18)30-25(29)22-12-10-21(11-13-22)20-8-4-19(16-27)5-9-20/h1-5,8-9,18,21-22,24H,6-7,10-15H2. The highest BCUT2D eigenvalue weighted by atomic mass is 19.1. The van der Waals surface area contributed by atoms with Crippen LogP contribution < -0.4 is 0 Å². The lowest BCUT2D eigenvalue weighted by atomic mass is 9.78. The van der Waals surface area contributed by atoms with Crippen molar-refractivity contribution in [3.8, 4) is 12.1 Å². The summed E-state index contributed by atoms with van der Waals surface area (Å²) in [6.45, 7) is 0. The molecule has 0 amide bonds. The Morgan fingerprint density at radius 3 is 2.27 bits per heavy atom. The Morgan fingerprint density at radius 2 is 1.67 bits per heavy atom. The molecule has 0 saturated heterocycles. The van der Waals surface area contributed by atoms with Crippen LogP contribution in [-0.4, -0.2) is 12.1 Å². The second-order valence-electron chi connectivity index (χ2n) is 8.27. The molecule has 0 heterocycles. The average molecular weight is 407 g/mol. The van der Waals surface area contributed by atoms with Crippen LogP contribution in [0.4, 0.5) is 4.39 Å². The minimum absolute atomic E-state index is 0.0173. The Hall–Kier alpha value is -2.92. The predicted molar refractivity (Wildman–Crippen MR) is 112 cm³/mol. The van der Waals surface area contributed by atoms with Gasteiger partial charge >= 0.3 is 5.97 Å². The van der Waals surface area contributed by atoms with Crippen LogP contribution in [-0.2, 0) is 9.53 Å². The average Bonchev–Trinajstić information content (AvgIpc) is 2.80. The normalized spacial score (nSPS) is 27.2. The fraction of sp³-hybridized carbons (Fsp3) is 0.480. The molecule has 5 heteroatoms. The molecule has 1 aromatic rings. The molecule has 0 bridgehead atoms. The van der Waals surface area contributed by atoms with E-state index in [1.165, 1.54) is 17.7 Å². The maximum Gasteiger partial charge on any atom is 0.309 e. The van der Waals surface area contributed by atoms with Crippen molar-refractivity contribution < 1.29 is 13.9 Å². The van der Waals surface area contributed by atoms with Crippen molar-refractivity contribution in [1.82, 2.24) is 0 Å². The van der Waals surface area contributed by atoms with Crippen LogP contribution >= 0.6 is 0 Å². The summed E-state index contributed by atoms with van der Waals surface area (Å²) < 4.78 is 18.6. The third kappa shape index (κ3) is 6.04. The number of rotatable bonds is 5. The van der Waals surface area contributed by atoms with Crippen molar-refractivity contribution >= 4 is 5.97 Å². The van der Waals surface area contributed by atoms with E-state index in [1.54, 1.807) is 6.08 Å². The summed E-state index contributed by atoms with van der Waals surface area (Å²) in [7, 11) is 0. The Bertz CT molecular complexity index is 860. The van der Waals surface area contributed by atoms with Crippen LogP contribution in [0.25, 0.3) is 0 Å². The fourth-order valence-corrected chi connectivity index (χ4v) is 4.49. The van der Waals surface area contributed by atoms with Crippen molar-refractivity contribution in [2.75, 3.05) is 0 Å². The second-order valence-corrected chi connectivity index (χ2v) is 8.27. The van der Waals surface area contributed by atoms with E-state index in [9.17, 15) is 9.18 Å². The molecular weight excluding hydrogens is 379 g/mol. The zero-order chi connectivity index (χ0) is 21.3. The molecule has 0 aliphatic heterocycles. The summed E-state index contributed by atoms with van der Waals surface area (Å²) in [4.78, 5) is 12.6. The number of carbonyl (C=O) groups is 1. The first-order valence-electron chi connectivity index (χ1n) is 10.7. The number of nitrogens with zero attached hydrogens (tertiary/aromatic N) is 2. The minimum atomic E-state index is -0.789. The number of esters is 1. The van der Waals surface area contributed by atoms with Gasteiger partial charge in [0.2, 0.25) is 0 Å². The van der Waals surface area contributed by atoms with E-state index < -0.39 is 5.83 Å². The van der Waals surface area contributed by atoms with Gasteiger partial charge in [0.15, 0.2) is 5.83 Å². The molecular formula is C25H27FN2O2. The highest BCUT2D eigenvalue weighted by Gasteiger charge is 2.30. The Kier molecular flexibility index (Phi) is 7.80. The monoisotopic (exact) mass is 406 g/mol. The van der Waals surface area contributed by atoms with Crippen LogP contribution in [0.5, 0.6) is 0 Å². The first-order valence-corrected chi connectivity index (χ1v) is 10.7. The molecule has 0 unspecified atom stereocenters. The Labute approximate surface area is 177 Å². The molecule has 2 fully saturated rings. The zero-order valence-corrected chi connectivity index (χ0v) is 17.1. The summed E-state index contributed by atoms with van der Waals surface area (Å²) in [5.74, 6) is -0.0834. The first-order chi connectivity index (χ1) is 14.6. The zero-order valence-electron chi connectivity index (χ0n) is 17.1. The molecule has 0 radical (unpaired) electrons. The number of allylic oxidation sites excluding steroid dienone is 4. The molecule has 4 nitrogen and oxygen atoms in total. The lowest BCUT2D eigenvalue weighted by Crippen LogP contribution is -2.29. The van der Waals surface area contributed by atoms with Crippen molar-refractivity contribution in [3.63, 3.8) is 0 Å². The van der Waals surface area contributed by atoms with Crippen molar-refractivity contribution in [2.45, 2.75) is 63.4 Å². The molecule has 3 rings (SSSR count). The summed E-state index contributed by atoms with van der Waals surface area (Å²) in [6.07, 6.45) is 11.8. The summed E-state index contributed by atoms with van der Waals surface area (Å²) in [5, 5.41) is 17.3. The van der Waals surface area contributed by atoms with Gasteiger partial charge in [-0.15, -0.1) is 0 Å². The fourth-order valence-electron chi connectivity index (χ4n) is 4.49. The minimum Gasteiger partial charge on any atom is -0.462 e. The SMILES string of the molecule is N#CC(F)=CC=CC1CCC(OC(=O)C2CCC(c3ccc(C#N)cc3)CC2)CC1. The number of benzene rings is 1. The van der Waals surface area contributed by atoms with Gasteiger partial charge in [0.05, 0.1) is 17.6 Å².